The average Bonchev–Trinajstić information content (AvgIpc) is 2.63. The Labute approximate surface area is 149 Å². The Morgan fingerprint density at radius 3 is 2.48 bits per heavy atom. The van der Waals surface area contributed by atoms with Gasteiger partial charge in [0, 0.05) is 17.9 Å². The Bertz CT molecular complexity index is 706. The molecule has 2 N–H and O–H groups in total. The number of nitrogens with one attached hydrogen (secondary N) is 2. The summed E-state index contributed by atoms with van der Waals surface area (Å²) < 4.78 is 0. The maximum Gasteiger partial charge on any atom is 0.270 e. The molecule has 0 bridgehead atoms. The number of rotatable bonds is 5. The van der Waals surface area contributed by atoms with Crippen molar-refractivity contribution in [2.75, 3.05) is 5.32 Å². The van der Waals surface area contributed by atoms with Crippen molar-refractivity contribution in [2.45, 2.75) is 57.9 Å². The molecule has 1 aliphatic carbocycles. The zero-order valence-electron chi connectivity index (χ0n) is 15.0. The molecule has 3 rings (SSSR count). The number of aromatic nitrogens is 2. The fourth-order valence-electron chi connectivity index (χ4n) is 3.13. The van der Waals surface area contributed by atoms with Crippen LogP contribution >= 0.6 is 0 Å². The normalized spacial score (nSPS) is 15.2. The molecule has 0 saturated heterocycles. The molecule has 1 aromatic heterocycles. The molecule has 1 amide bonds. The molecular weight excluding hydrogens is 312 g/mol. The Kier molecular flexibility index (Phi) is 5.64. The van der Waals surface area contributed by atoms with Crippen molar-refractivity contribution < 1.29 is 4.79 Å². The molecule has 0 spiro atoms. The van der Waals surface area contributed by atoms with Gasteiger partial charge >= 0.3 is 0 Å². The molecule has 1 fully saturated rings. The summed E-state index contributed by atoms with van der Waals surface area (Å²) in [6, 6.07) is 10.1. The summed E-state index contributed by atoms with van der Waals surface area (Å²) in [6.07, 6.45) is 7.38. The first-order valence-corrected chi connectivity index (χ1v) is 9.13. The first kappa shape index (κ1) is 17.4. The van der Waals surface area contributed by atoms with Crippen molar-refractivity contribution in [3.05, 3.63) is 47.8 Å². The molecule has 2 aromatic rings. The van der Waals surface area contributed by atoms with Crippen molar-refractivity contribution in [1.29, 1.82) is 0 Å². The van der Waals surface area contributed by atoms with Gasteiger partial charge in [0.25, 0.3) is 5.91 Å². The van der Waals surface area contributed by atoms with E-state index in [1.807, 2.05) is 12.1 Å². The Morgan fingerprint density at radius 1 is 1.08 bits per heavy atom. The van der Waals surface area contributed by atoms with E-state index in [1.165, 1.54) is 24.8 Å². The van der Waals surface area contributed by atoms with Gasteiger partial charge in [-0.3, -0.25) is 4.79 Å². The molecule has 5 heteroatoms. The van der Waals surface area contributed by atoms with Gasteiger partial charge in [-0.1, -0.05) is 45.2 Å². The lowest BCUT2D eigenvalue weighted by Gasteiger charge is -2.22. The van der Waals surface area contributed by atoms with Crippen LogP contribution in [0.15, 0.2) is 36.5 Å². The first-order chi connectivity index (χ1) is 12.1. The van der Waals surface area contributed by atoms with E-state index in [-0.39, 0.29) is 11.9 Å². The van der Waals surface area contributed by atoms with Gasteiger partial charge in [0.1, 0.15) is 5.69 Å². The highest BCUT2D eigenvalue weighted by Crippen LogP contribution is 2.20. The molecule has 1 heterocycles. The lowest BCUT2D eigenvalue weighted by Crippen LogP contribution is -2.36. The van der Waals surface area contributed by atoms with E-state index in [9.17, 15) is 4.79 Å². The van der Waals surface area contributed by atoms with E-state index in [2.05, 4.69) is 46.6 Å². The summed E-state index contributed by atoms with van der Waals surface area (Å²) in [6.45, 7) is 4.33. The highest BCUT2D eigenvalue weighted by Gasteiger charge is 2.17. The largest absolute Gasteiger partial charge is 0.348 e. The van der Waals surface area contributed by atoms with Crippen LogP contribution in [-0.4, -0.2) is 21.9 Å². The highest BCUT2D eigenvalue weighted by atomic mass is 16.1. The zero-order valence-corrected chi connectivity index (χ0v) is 15.0. The standard InChI is InChI=1S/C20H26N4O/c1-14(2)15-8-10-17(11-9-15)23-20-21-13-12-18(24-20)19(25)22-16-6-4-3-5-7-16/h8-14,16H,3-7H2,1-2H3,(H,22,25)(H,21,23,24). The minimum atomic E-state index is -0.118. The van der Waals surface area contributed by atoms with Crippen LogP contribution in [0.3, 0.4) is 0 Å². The number of nitrogens with zero attached hydrogens (tertiary/aromatic N) is 2. The molecule has 5 nitrogen and oxygen atoms in total. The van der Waals surface area contributed by atoms with Crippen LogP contribution in [-0.2, 0) is 0 Å². The summed E-state index contributed by atoms with van der Waals surface area (Å²) in [7, 11) is 0. The van der Waals surface area contributed by atoms with Crippen molar-refractivity contribution in [3.8, 4) is 0 Å². The van der Waals surface area contributed by atoms with Gasteiger partial charge in [0.2, 0.25) is 5.95 Å². The average molecular weight is 338 g/mol. The van der Waals surface area contributed by atoms with E-state index in [4.69, 9.17) is 0 Å². The van der Waals surface area contributed by atoms with Crippen molar-refractivity contribution in [2.24, 2.45) is 0 Å². The van der Waals surface area contributed by atoms with E-state index in [1.54, 1.807) is 12.3 Å². The maximum absolute atomic E-state index is 12.4. The predicted molar refractivity (Wildman–Crippen MR) is 100 cm³/mol. The molecule has 0 atom stereocenters. The minimum Gasteiger partial charge on any atom is -0.348 e. The monoisotopic (exact) mass is 338 g/mol. The number of benzene rings is 1. The smallest absolute Gasteiger partial charge is 0.270 e. The number of hydrogen-bond acceptors (Lipinski definition) is 4. The minimum absolute atomic E-state index is 0.118. The molecular formula is C20H26N4O. The number of carbonyl (C=O) groups is 1. The summed E-state index contributed by atoms with van der Waals surface area (Å²) in [5.41, 5.74) is 2.60. The quantitative estimate of drug-likeness (QED) is 0.847. The Morgan fingerprint density at radius 2 is 1.80 bits per heavy atom. The van der Waals surface area contributed by atoms with Gasteiger partial charge in [0.15, 0.2) is 0 Å². The lowest BCUT2D eigenvalue weighted by atomic mass is 9.95. The third kappa shape index (κ3) is 4.78. The molecule has 0 aliphatic heterocycles. The molecule has 0 unspecified atom stereocenters. The fourth-order valence-corrected chi connectivity index (χ4v) is 3.13. The van der Waals surface area contributed by atoms with Crippen LogP contribution in [0.2, 0.25) is 0 Å². The van der Waals surface area contributed by atoms with Gasteiger partial charge in [0.05, 0.1) is 0 Å². The molecule has 0 radical (unpaired) electrons. The van der Waals surface area contributed by atoms with Crippen LogP contribution in [0.4, 0.5) is 11.6 Å². The van der Waals surface area contributed by atoms with E-state index in [0.29, 0.717) is 17.6 Å². The maximum atomic E-state index is 12.4. The van der Waals surface area contributed by atoms with Gasteiger partial charge in [-0.05, 0) is 42.5 Å². The molecule has 1 aliphatic rings. The SMILES string of the molecule is CC(C)c1ccc(Nc2nccc(C(=O)NC3CCCCC3)n2)cc1. The Balaban J connectivity index is 1.65. The second-order valence-corrected chi connectivity index (χ2v) is 6.98. The van der Waals surface area contributed by atoms with Crippen molar-refractivity contribution in [3.63, 3.8) is 0 Å². The molecule has 132 valence electrons. The van der Waals surface area contributed by atoms with Crippen LogP contribution < -0.4 is 10.6 Å². The van der Waals surface area contributed by atoms with E-state index in [0.717, 1.165) is 18.5 Å². The van der Waals surface area contributed by atoms with Gasteiger partial charge < -0.3 is 10.6 Å². The van der Waals surface area contributed by atoms with Crippen LogP contribution in [0, 0.1) is 0 Å². The van der Waals surface area contributed by atoms with Gasteiger partial charge in [-0.2, -0.15) is 0 Å². The number of carbonyl (C=O) groups excluding carboxylic acids is 1. The third-order valence-corrected chi connectivity index (χ3v) is 4.66. The topological polar surface area (TPSA) is 66.9 Å². The Hall–Kier alpha value is -2.43. The van der Waals surface area contributed by atoms with E-state index < -0.39 is 0 Å². The molecule has 1 aromatic carbocycles. The second-order valence-electron chi connectivity index (χ2n) is 6.98. The number of amides is 1. The van der Waals surface area contributed by atoms with E-state index >= 15 is 0 Å². The fraction of sp³-hybridized carbons (Fsp3) is 0.450. The summed E-state index contributed by atoms with van der Waals surface area (Å²) in [5, 5.41) is 6.26. The highest BCUT2D eigenvalue weighted by molar-refractivity contribution is 5.92. The van der Waals surface area contributed by atoms with Crippen molar-refractivity contribution in [1.82, 2.24) is 15.3 Å². The lowest BCUT2D eigenvalue weighted by molar-refractivity contribution is 0.0922. The molecule has 25 heavy (non-hydrogen) atoms. The predicted octanol–water partition coefficient (Wildman–Crippen LogP) is 4.41. The summed E-state index contributed by atoms with van der Waals surface area (Å²) >= 11 is 0. The van der Waals surface area contributed by atoms with Crippen LogP contribution in [0.1, 0.15) is 67.9 Å². The first-order valence-electron chi connectivity index (χ1n) is 9.13. The summed E-state index contributed by atoms with van der Waals surface area (Å²) in [5.74, 6) is 0.818. The molecule has 1 saturated carbocycles. The third-order valence-electron chi connectivity index (χ3n) is 4.66. The van der Waals surface area contributed by atoms with Gasteiger partial charge in [-0.15, -0.1) is 0 Å². The zero-order chi connectivity index (χ0) is 17.6. The number of hydrogen-bond donors (Lipinski definition) is 2. The second kappa shape index (κ2) is 8.10. The van der Waals surface area contributed by atoms with Gasteiger partial charge in [-0.25, -0.2) is 9.97 Å². The van der Waals surface area contributed by atoms with Crippen molar-refractivity contribution >= 4 is 17.5 Å². The summed E-state index contributed by atoms with van der Waals surface area (Å²) in [4.78, 5) is 21.0. The van der Waals surface area contributed by atoms with Crippen LogP contribution in [0.25, 0.3) is 0 Å². The van der Waals surface area contributed by atoms with Crippen LogP contribution in [0.5, 0.6) is 0 Å². The number of anilines is 2.